The van der Waals surface area contributed by atoms with Crippen molar-refractivity contribution < 1.29 is 0 Å². The summed E-state index contributed by atoms with van der Waals surface area (Å²) in [5.74, 6) is 1.50. The first kappa shape index (κ1) is 18.5. The Hall–Kier alpha value is -0.530. The SMILES string of the molecule is CCC(CC)CC(CNC(C)(C)C)Cc1cccc(Cl)c1. The van der Waals surface area contributed by atoms with Crippen LogP contribution in [-0.2, 0) is 6.42 Å². The van der Waals surface area contributed by atoms with Gasteiger partial charge in [-0.15, -0.1) is 0 Å². The Balaban J connectivity index is 2.70. The molecule has 0 aliphatic rings. The summed E-state index contributed by atoms with van der Waals surface area (Å²) < 4.78 is 0. The maximum absolute atomic E-state index is 6.12. The minimum absolute atomic E-state index is 0.181. The van der Waals surface area contributed by atoms with Gasteiger partial charge in [0.05, 0.1) is 0 Å². The van der Waals surface area contributed by atoms with Gasteiger partial charge in [0, 0.05) is 10.6 Å². The average molecular weight is 310 g/mol. The van der Waals surface area contributed by atoms with Crippen molar-refractivity contribution >= 4 is 11.6 Å². The summed E-state index contributed by atoms with van der Waals surface area (Å²) in [6.45, 7) is 12.4. The summed E-state index contributed by atoms with van der Waals surface area (Å²) in [5, 5.41) is 4.52. The van der Waals surface area contributed by atoms with Crippen molar-refractivity contribution in [2.45, 2.75) is 65.8 Å². The summed E-state index contributed by atoms with van der Waals surface area (Å²) in [6, 6.07) is 8.32. The van der Waals surface area contributed by atoms with E-state index in [1.807, 2.05) is 6.07 Å². The van der Waals surface area contributed by atoms with Gasteiger partial charge in [0.25, 0.3) is 0 Å². The van der Waals surface area contributed by atoms with Gasteiger partial charge in [-0.25, -0.2) is 0 Å². The lowest BCUT2D eigenvalue weighted by Gasteiger charge is -2.27. The Labute approximate surface area is 136 Å². The van der Waals surface area contributed by atoms with E-state index in [9.17, 15) is 0 Å². The van der Waals surface area contributed by atoms with Crippen LogP contribution in [0, 0.1) is 11.8 Å². The molecule has 1 N–H and O–H groups in total. The zero-order chi connectivity index (χ0) is 15.9. The van der Waals surface area contributed by atoms with Crippen molar-refractivity contribution in [1.29, 1.82) is 0 Å². The monoisotopic (exact) mass is 309 g/mol. The van der Waals surface area contributed by atoms with Crippen molar-refractivity contribution in [3.8, 4) is 0 Å². The van der Waals surface area contributed by atoms with Crippen LogP contribution in [0.25, 0.3) is 0 Å². The van der Waals surface area contributed by atoms with Crippen LogP contribution in [0.2, 0.25) is 5.02 Å². The van der Waals surface area contributed by atoms with E-state index in [0.29, 0.717) is 5.92 Å². The first-order valence-electron chi connectivity index (χ1n) is 8.33. The lowest BCUT2D eigenvalue weighted by Crippen LogP contribution is -2.40. The minimum Gasteiger partial charge on any atom is -0.312 e. The summed E-state index contributed by atoms with van der Waals surface area (Å²) in [6.07, 6.45) is 4.96. The quantitative estimate of drug-likeness (QED) is 0.648. The molecule has 1 aromatic rings. The summed E-state index contributed by atoms with van der Waals surface area (Å²) in [5.41, 5.74) is 1.54. The maximum Gasteiger partial charge on any atom is 0.0408 e. The number of benzene rings is 1. The highest BCUT2D eigenvalue weighted by atomic mass is 35.5. The Bertz CT molecular complexity index is 404. The van der Waals surface area contributed by atoms with Crippen molar-refractivity contribution in [2.75, 3.05) is 6.54 Å². The van der Waals surface area contributed by atoms with Crippen LogP contribution in [0.15, 0.2) is 24.3 Å². The highest BCUT2D eigenvalue weighted by molar-refractivity contribution is 6.30. The number of nitrogens with one attached hydrogen (secondary N) is 1. The van der Waals surface area contributed by atoms with Crippen molar-refractivity contribution in [3.63, 3.8) is 0 Å². The lowest BCUT2D eigenvalue weighted by atomic mass is 9.86. The van der Waals surface area contributed by atoms with Crippen molar-refractivity contribution in [3.05, 3.63) is 34.9 Å². The molecule has 1 unspecified atom stereocenters. The number of halogens is 1. The molecule has 0 spiro atoms. The van der Waals surface area contributed by atoms with Crippen LogP contribution in [0.3, 0.4) is 0 Å². The van der Waals surface area contributed by atoms with Gasteiger partial charge in [0.15, 0.2) is 0 Å². The van der Waals surface area contributed by atoms with E-state index < -0.39 is 0 Å². The molecule has 0 heterocycles. The Morgan fingerprint density at radius 1 is 1.10 bits per heavy atom. The normalized spacial score (nSPS) is 13.7. The minimum atomic E-state index is 0.181. The topological polar surface area (TPSA) is 12.0 Å². The molecule has 0 bridgehead atoms. The summed E-state index contributed by atoms with van der Waals surface area (Å²) in [4.78, 5) is 0. The zero-order valence-electron chi connectivity index (χ0n) is 14.4. The molecule has 0 aliphatic heterocycles. The lowest BCUT2D eigenvalue weighted by molar-refractivity contribution is 0.306. The average Bonchev–Trinajstić information content (AvgIpc) is 2.41. The van der Waals surface area contributed by atoms with Crippen LogP contribution in [0.1, 0.15) is 59.4 Å². The van der Waals surface area contributed by atoms with E-state index in [-0.39, 0.29) is 5.54 Å². The standard InChI is InChI=1S/C19H32ClN/c1-6-15(7-2)11-17(14-21-19(3,4)5)12-16-9-8-10-18(20)13-16/h8-10,13,15,17,21H,6-7,11-12,14H2,1-5H3. The van der Waals surface area contributed by atoms with Crippen molar-refractivity contribution in [1.82, 2.24) is 5.32 Å². The van der Waals surface area contributed by atoms with Gasteiger partial charge >= 0.3 is 0 Å². The van der Waals surface area contributed by atoms with Crippen LogP contribution >= 0.6 is 11.6 Å². The van der Waals surface area contributed by atoms with E-state index in [4.69, 9.17) is 11.6 Å². The largest absolute Gasteiger partial charge is 0.312 e. The van der Waals surface area contributed by atoms with Gasteiger partial charge in [-0.3, -0.25) is 0 Å². The molecule has 120 valence electrons. The molecule has 0 aliphatic carbocycles. The van der Waals surface area contributed by atoms with E-state index in [1.165, 1.54) is 24.8 Å². The fourth-order valence-electron chi connectivity index (χ4n) is 2.78. The Morgan fingerprint density at radius 3 is 2.29 bits per heavy atom. The molecule has 0 saturated heterocycles. The third-order valence-electron chi connectivity index (χ3n) is 4.16. The third-order valence-corrected chi connectivity index (χ3v) is 4.39. The summed E-state index contributed by atoms with van der Waals surface area (Å²) >= 11 is 6.12. The molecular weight excluding hydrogens is 278 g/mol. The Kier molecular flexibility index (Phi) is 7.76. The molecule has 0 amide bonds. The molecule has 0 saturated carbocycles. The molecule has 1 atom stereocenters. The van der Waals surface area contributed by atoms with Gasteiger partial charge in [-0.05, 0) is 69.7 Å². The van der Waals surface area contributed by atoms with Crippen LogP contribution < -0.4 is 5.32 Å². The zero-order valence-corrected chi connectivity index (χ0v) is 15.1. The van der Waals surface area contributed by atoms with Gasteiger partial charge in [-0.2, -0.15) is 0 Å². The molecular formula is C19H32ClN. The van der Waals surface area contributed by atoms with E-state index in [1.54, 1.807) is 0 Å². The van der Waals surface area contributed by atoms with E-state index in [2.05, 4.69) is 58.1 Å². The molecule has 1 nitrogen and oxygen atoms in total. The van der Waals surface area contributed by atoms with Gasteiger partial charge in [0.2, 0.25) is 0 Å². The second-order valence-electron chi connectivity index (χ2n) is 7.25. The smallest absolute Gasteiger partial charge is 0.0408 e. The van der Waals surface area contributed by atoms with Gasteiger partial charge in [0.1, 0.15) is 0 Å². The van der Waals surface area contributed by atoms with Crippen LogP contribution in [0.4, 0.5) is 0 Å². The molecule has 0 radical (unpaired) electrons. The predicted molar refractivity (Wildman–Crippen MR) is 95.1 cm³/mol. The van der Waals surface area contributed by atoms with Crippen molar-refractivity contribution in [2.24, 2.45) is 11.8 Å². The fraction of sp³-hybridized carbons (Fsp3) is 0.684. The number of hydrogen-bond donors (Lipinski definition) is 1. The van der Waals surface area contributed by atoms with Gasteiger partial charge < -0.3 is 5.32 Å². The van der Waals surface area contributed by atoms with Crippen LogP contribution in [-0.4, -0.2) is 12.1 Å². The molecule has 1 aromatic carbocycles. The highest BCUT2D eigenvalue weighted by Crippen LogP contribution is 2.23. The predicted octanol–water partition coefficient (Wildman–Crippen LogP) is 5.71. The van der Waals surface area contributed by atoms with E-state index >= 15 is 0 Å². The Morgan fingerprint density at radius 2 is 1.76 bits per heavy atom. The molecule has 1 rings (SSSR count). The molecule has 0 fully saturated rings. The molecule has 2 heteroatoms. The third kappa shape index (κ3) is 7.87. The first-order valence-corrected chi connectivity index (χ1v) is 8.71. The maximum atomic E-state index is 6.12. The highest BCUT2D eigenvalue weighted by Gasteiger charge is 2.18. The fourth-order valence-corrected chi connectivity index (χ4v) is 2.99. The second kappa shape index (κ2) is 8.80. The first-order chi connectivity index (χ1) is 9.84. The van der Waals surface area contributed by atoms with Gasteiger partial charge in [-0.1, -0.05) is 50.4 Å². The summed E-state index contributed by atoms with van der Waals surface area (Å²) in [7, 11) is 0. The second-order valence-corrected chi connectivity index (χ2v) is 7.69. The number of hydrogen-bond acceptors (Lipinski definition) is 1. The van der Waals surface area contributed by atoms with E-state index in [0.717, 1.165) is 23.9 Å². The molecule has 21 heavy (non-hydrogen) atoms. The molecule has 0 aromatic heterocycles. The number of rotatable bonds is 8. The van der Waals surface area contributed by atoms with Crippen LogP contribution in [0.5, 0.6) is 0 Å².